The van der Waals surface area contributed by atoms with Gasteiger partial charge in [0, 0.05) is 23.3 Å². The highest BCUT2D eigenvalue weighted by Crippen LogP contribution is 2.34. The van der Waals surface area contributed by atoms with E-state index in [0.29, 0.717) is 0 Å². The molecule has 0 saturated heterocycles. The number of benzene rings is 2. The minimum absolute atomic E-state index is 0.723. The van der Waals surface area contributed by atoms with Gasteiger partial charge >= 0.3 is 0 Å². The number of fused-ring (bicyclic) bond motifs is 1. The molecule has 1 aromatic heterocycles. The number of hydrogen-bond acceptors (Lipinski definition) is 3. The molecule has 0 radical (unpaired) electrons. The van der Waals surface area contributed by atoms with Gasteiger partial charge in [-0.3, -0.25) is 0 Å². The van der Waals surface area contributed by atoms with Crippen LogP contribution in [0.15, 0.2) is 42.5 Å². The second-order valence-electron chi connectivity index (χ2n) is 3.93. The van der Waals surface area contributed by atoms with E-state index in [4.69, 9.17) is 11.6 Å². The first-order valence-electron chi connectivity index (χ1n) is 5.61. The van der Waals surface area contributed by atoms with Gasteiger partial charge in [-0.2, -0.15) is 0 Å². The third-order valence-electron chi connectivity index (χ3n) is 2.78. The largest absolute Gasteiger partial charge is 0.388 e. The summed E-state index contributed by atoms with van der Waals surface area (Å²) in [6, 6.07) is 14.0. The molecule has 0 saturated carbocycles. The highest BCUT2D eigenvalue weighted by molar-refractivity contribution is 7.21. The standard InChI is InChI=1S/C14H11ClN2S/c1-16-11-5-3-2-4-10(11)14-17-12-8-9(15)6-7-13(12)18-14/h2-8,16H,1H3. The summed E-state index contributed by atoms with van der Waals surface area (Å²) in [5.41, 5.74) is 3.16. The summed E-state index contributed by atoms with van der Waals surface area (Å²) >= 11 is 7.66. The number of halogens is 1. The predicted octanol–water partition coefficient (Wildman–Crippen LogP) is 4.66. The molecule has 2 nitrogen and oxygen atoms in total. The zero-order valence-corrected chi connectivity index (χ0v) is 11.3. The Hall–Kier alpha value is -1.58. The Kier molecular flexibility index (Phi) is 2.94. The van der Waals surface area contributed by atoms with Crippen LogP contribution in [0.3, 0.4) is 0 Å². The quantitative estimate of drug-likeness (QED) is 0.735. The average Bonchev–Trinajstić information content (AvgIpc) is 2.81. The smallest absolute Gasteiger partial charge is 0.126 e. The number of nitrogens with one attached hydrogen (secondary N) is 1. The first kappa shape index (κ1) is 11.5. The zero-order valence-electron chi connectivity index (χ0n) is 9.77. The summed E-state index contributed by atoms with van der Waals surface area (Å²) in [6.07, 6.45) is 0. The van der Waals surface area contributed by atoms with Crippen LogP contribution in [0.25, 0.3) is 20.8 Å². The highest BCUT2D eigenvalue weighted by Gasteiger charge is 2.09. The lowest BCUT2D eigenvalue weighted by molar-refractivity contribution is 1.45. The van der Waals surface area contributed by atoms with Crippen LogP contribution in [-0.2, 0) is 0 Å². The monoisotopic (exact) mass is 274 g/mol. The van der Waals surface area contributed by atoms with Crippen molar-refractivity contribution in [1.29, 1.82) is 0 Å². The molecule has 3 rings (SSSR count). The van der Waals surface area contributed by atoms with Crippen molar-refractivity contribution in [2.45, 2.75) is 0 Å². The molecule has 0 atom stereocenters. The number of hydrogen-bond donors (Lipinski definition) is 1. The minimum atomic E-state index is 0.723. The summed E-state index contributed by atoms with van der Waals surface area (Å²) in [6.45, 7) is 0. The van der Waals surface area contributed by atoms with Gasteiger partial charge in [0.2, 0.25) is 0 Å². The van der Waals surface area contributed by atoms with Crippen molar-refractivity contribution in [2.24, 2.45) is 0 Å². The molecular formula is C14H11ClN2S. The van der Waals surface area contributed by atoms with Gasteiger partial charge in [-0.05, 0) is 30.3 Å². The van der Waals surface area contributed by atoms with Crippen molar-refractivity contribution in [2.75, 3.05) is 12.4 Å². The van der Waals surface area contributed by atoms with Gasteiger partial charge in [-0.15, -0.1) is 11.3 Å². The van der Waals surface area contributed by atoms with Gasteiger partial charge in [0.25, 0.3) is 0 Å². The maximum absolute atomic E-state index is 5.98. The van der Waals surface area contributed by atoms with Crippen molar-refractivity contribution < 1.29 is 0 Å². The molecule has 1 N–H and O–H groups in total. The van der Waals surface area contributed by atoms with Crippen LogP contribution in [0.1, 0.15) is 0 Å². The molecule has 4 heteroatoms. The summed E-state index contributed by atoms with van der Waals surface area (Å²) in [7, 11) is 1.92. The fourth-order valence-electron chi connectivity index (χ4n) is 1.90. The molecule has 0 aliphatic carbocycles. The van der Waals surface area contributed by atoms with Crippen LogP contribution >= 0.6 is 22.9 Å². The van der Waals surface area contributed by atoms with Crippen molar-refractivity contribution >= 4 is 38.8 Å². The van der Waals surface area contributed by atoms with Crippen LogP contribution in [0.5, 0.6) is 0 Å². The van der Waals surface area contributed by atoms with Crippen molar-refractivity contribution in [1.82, 2.24) is 4.98 Å². The van der Waals surface area contributed by atoms with Crippen molar-refractivity contribution in [3.8, 4) is 10.6 Å². The Morgan fingerprint density at radius 3 is 2.83 bits per heavy atom. The van der Waals surface area contributed by atoms with E-state index >= 15 is 0 Å². The molecule has 0 aliphatic heterocycles. The van der Waals surface area contributed by atoms with Crippen LogP contribution in [-0.4, -0.2) is 12.0 Å². The van der Waals surface area contributed by atoms with Crippen LogP contribution < -0.4 is 5.32 Å². The van der Waals surface area contributed by atoms with E-state index in [2.05, 4.69) is 16.4 Å². The van der Waals surface area contributed by atoms with Gasteiger partial charge in [0.1, 0.15) is 5.01 Å². The molecule has 18 heavy (non-hydrogen) atoms. The molecular weight excluding hydrogens is 264 g/mol. The van der Waals surface area contributed by atoms with Gasteiger partial charge in [0.15, 0.2) is 0 Å². The molecule has 0 spiro atoms. The number of rotatable bonds is 2. The lowest BCUT2D eigenvalue weighted by Crippen LogP contribution is -1.90. The first-order valence-corrected chi connectivity index (χ1v) is 6.80. The molecule has 0 aliphatic rings. The Bertz CT molecular complexity index is 706. The lowest BCUT2D eigenvalue weighted by Gasteiger charge is -2.04. The molecule has 90 valence electrons. The van der Waals surface area contributed by atoms with Gasteiger partial charge in [-0.25, -0.2) is 4.98 Å². The SMILES string of the molecule is CNc1ccccc1-c1nc2cc(Cl)ccc2s1. The van der Waals surface area contributed by atoms with E-state index in [0.717, 1.165) is 31.5 Å². The van der Waals surface area contributed by atoms with Crippen molar-refractivity contribution in [3.63, 3.8) is 0 Å². The number of nitrogens with zero attached hydrogens (tertiary/aromatic N) is 1. The molecule has 2 aromatic carbocycles. The van der Waals surface area contributed by atoms with Crippen LogP contribution in [0.2, 0.25) is 5.02 Å². The average molecular weight is 275 g/mol. The van der Waals surface area contributed by atoms with Crippen LogP contribution in [0.4, 0.5) is 5.69 Å². The highest BCUT2D eigenvalue weighted by atomic mass is 35.5. The van der Waals surface area contributed by atoms with E-state index in [1.54, 1.807) is 11.3 Å². The Morgan fingerprint density at radius 1 is 1.17 bits per heavy atom. The summed E-state index contributed by atoms with van der Waals surface area (Å²) in [5.74, 6) is 0. The Labute approximate surface area is 114 Å². The number of anilines is 1. The first-order chi connectivity index (χ1) is 8.78. The molecule has 0 bridgehead atoms. The maximum atomic E-state index is 5.98. The normalized spacial score (nSPS) is 10.8. The molecule has 0 amide bonds. The summed E-state index contributed by atoms with van der Waals surface area (Å²) in [4.78, 5) is 4.65. The molecule has 0 fully saturated rings. The van der Waals surface area contributed by atoms with Gasteiger partial charge in [-0.1, -0.05) is 23.7 Å². The van der Waals surface area contributed by atoms with E-state index in [1.807, 2.05) is 43.4 Å². The zero-order chi connectivity index (χ0) is 12.5. The maximum Gasteiger partial charge on any atom is 0.126 e. The van der Waals surface area contributed by atoms with E-state index in [9.17, 15) is 0 Å². The number of para-hydroxylation sites is 1. The Morgan fingerprint density at radius 2 is 2.00 bits per heavy atom. The fraction of sp³-hybridized carbons (Fsp3) is 0.0714. The molecule has 1 heterocycles. The number of thiazole rings is 1. The molecule has 3 aromatic rings. The summed E-state index contributed by atoms with van der Waals surface area (Å²) in [5, 5.41) is 4.93. The van der Waals surface area contributed by atoms with Gasteiger partial charge in [0.05, 0.1) is 10.2 Å². The minimum Gasteiger partial charge on any atom is -0.388 e. The summed E-state index contributed by atoms with van der Waals surface area (Å²) < 4.78 is 1.15. The predicted molar refractivity (Wildman–Crippen MR) is 79.6 cm³/mol. The molecule has 0 unspecified atom stereocenters. The second kappa shape index (κ2) is 4.59. The second-order valence-corrected chi connectivity index (χ2v) is 5.39. The van der Waals surface area contributed by atoms with E-state index < -0.39 is 0 Å². The van der Waals surface area contributed by atoms with Gasteiger partial charge < -0.3 is 5.32 Å². The Balaban J connectivity index is 2.19. The van der Waals surface area contributed by atoms with Crippen LogP contribution in [0, 0.1) is 0 Å². The third kappa shape index (κ3) is 1.96. The topological polar surface area (TPSA) is 24.9 Å². The number of aromatic nitrogens is 1. The van der Waals surface area contributed by atoms with E-state index in [1.165, 1.54) is 0 Å². The fourth-order valence-corrected chi connectivity index (χ4v) is 3.06. The van der Waals surface area contributed by atoms with E-state index in [-0.39, 0.29) is 0 Å². The third-order valence-corrected chi connectivity index (χ3v) is 4.08. The lowest BCUT2D eigenvalue weighted by atomic mass is 10.2. The van der Waals surface area contributed by atoms with Crippen molar-refractivity contribution in [3.05, 3.63) is 47.5 Å².